The lowest BCUT2D eigenvalue weighted by Crippen LogP contribution is -2.26. The average Bonchev–Trinajstić information content (AvgIpc) is 3.13. The molecule has 110 valence electrons. The largest absolute Gasteiger partial charge is 0.353 e. The molecule has 0 spiro atoms. The molecule has 1 aromatic heterocycles. The molecule has 1 saturated carbocycles. The fourth-order valence-electron chi connectivity index (χ4n) is 1.36. The number of hydrogen-bond acceptors (Lipinski definition) is 6. The number of anilines is 1. The molecule has 0 saturated heterocycles. The highest BCUT2D eigenvalue weighted by Crippen LogP contribution is 2.26. The fraction of sp³-hybridized carbons (Fsp3) is 0.667. The molecule has 0 aliphatic heterocycles. The molecule has 2 rings (SSSR count). The highest BCUT2D eigenvalue weighted by Gasteiger charge is 2.23. The number of rotatable bonds is 7. The third-order valence-corrected chi connectivity index (χ3v) is 4.94. The maximum atomic E-state index is 11.7. The number of nitrogens with zero attached hydrogens (tertiary/aromatic N) is 2. The molecule has 0 aromatic carbocycles. The van der Waals surface area contributed by atoms with Crippen LogP contribution in [0.2, 0.25) is 0 Å². The van der Waals surface area contributed by atoms with Crippen LogP contribution in [0, 0.1) is 5.92 Å². The van der Waals surface area contributed by atoms with Crippen LogP contribution in [-0.4, -0.2) is 33.8 Å². The standard InChI is InChI=1S/C12H18N4O2S2/c1-3-7(2)10(18)14-11-15-16-12(20-11)19-6-9(17)13-8-4-5-8/h7-8H,3-6H2,1-2H3,(H,13,17)(H,14,15,18)/t7-/m1/s1. The first-order chi connectivity index (χ1) is 9.58. The molecule has 20 heavy (non-hydrogen) atoms. The number of carbonyl (C=O) groups is 2. The molecule has 0 unspecified atom stereocenters. The van der Waals surface area contributed by atoms with Crippen molar-refractivity contribution in [3.05, 3.63) is 0 Å². The van der Waals surface area contributed by atoms with Crippen LogP contribution < -0.4 is 10.6 Å². The van der Waals surface area contributed by atoms with Crippen LogP contribution in [0.4, 0.5) is 5.13 Å². The molecule has 0 bridgehead atoms. The van der Waals surface area contributed by atoms with Crippen LogP contribution in [-0.2, 0) is 9.59 Å². The van der Waals surface area contributed by atoms with Gasteiger partial charge in [0, 0.05) is 12.0 Å². The van der Waals surface area contributed by atoms with E-state index in [4.69, 9.17) is 0 Å². The van der Waals surface area contributed by atoms with E-state index in [1.165, 1.54) is 23.1 Å². The second-order valence-corrected chi connectivity index (χ2v) is 7.00. The van der Waals surface area contributed by atoms with E-state index in [2.05, 4.69) is 20.8 Å². The Morgan fingerprint density at radius 1 is 1.45 bits per heavy atom. The van der Waals surface area contributed by atoms with E-state index in [1.807, 2.05) is 13.8 Å². The van der Waals surface area contributed by atoms with Crippen LogP contribution in [0.25, 0.3) is 0 Å². The lowest BCUT2D eigenvalue weighted by atomic mass is 10.1. The Kier molecular flexibility index (Phi) is 5.36. The molecule has 1 heterocycles. The van der Waals surface area contributed by atoms with E-state index in [1.54, 1.807) is 0 Å². The van der Waals surface area contributed by atoms with Gasteiger partial charge in [-0.1, -0.05) is 36.9 Å². The van der Waals surface area contributed by atoms with E-state index >= 15 is 0 Å². The zero-order valence-electron chi connectivity index (χ0n) is 11.5. The Bertz CT molecular complexity index is 488. The van der Waals surface area contributed by atoms with Crippen molar-refractivity contribution in [1.82, 2.24) is 15.5 Å². The van der Waals surface area contributed by atoms with E-state index < -0.39 is 0 Å². The van der Waals surface area contributed by atoms with Crippen molar-refractivity contribution in [2.45, 2.75) is 43.5 Å². The van der Waals surface area contributed by atoms with Gasteiger partial charge in [-0.2, -0.15) is 0 Å². The van der Waals surface area contributed by atoms with Gasteiger partial charge in [-0.25, -0.2) is 0 Å². The second kappa shape index (κ2) is 7.03. The van der Waals surface area contributed by atoms with Crippen LogP contribution in [0.3, 0.4) is 0 Å². The van der Waals surface area contributed by atoms with Crippen LogP contribution >= 0.6 is 23.1 Å². The predicted molar refractivity (Wildman–Crippen MR) is 79.9 cm³/mol. The number of aromatic nitrogens is 2. The third kappa shape index (κ3) is 4.75. The minimum Gasteiger partial charge on any atom is -0.353 e. The smallest absolute Gasteiger partial charge is 0.230 e. The molecule has 8 heteroatoms. The van der Waals surface area contributed by atoms with Crippen molar-refractivity contribution in [3.8, 4) is 0 Å². The molecule has 1 atom stereocenters. The molecule has 2 N–H and O–H groups in total. The Labute approximate surface area is 126 Å². The quantitative estimate of drug-likeness (QED) is 0.593. The lowest BCUT2D eigenvalue weighted by molar-refractivity contribution is -0.120. The topological polar surface area (TPSA) is 84.0 Å². The van der Waals surface area contributed by atoms with Gasteiger partial charge in [0.15, 0.2) is 4.34 Å². The zero-order valence-corrected chi connectivity index (χ0v) is 13.1. The van der Waals surface area contributed by atoms with Gasteiger partial charge in [-0.15, -0.1) is 10.2 Å². The summed E-state index contributed by atoms with van der Waals surface area (Å²) >= 11 is 2.64. The van der Waals surface area contributed by atoms with Gasteiger partial charge in [-0.3, -0.25) is 9.59 Å². The van der Waals surface area contributed by atoms with E-state index in [-0.39, 0.29) is 17.7 Å². The summed E-state index contributed by atoms with van der Waals surface area (Å²) in [4.78, 5) is 23.2. The van der Waals surface area contributed by atoms with Crippen molar-refractivity contribution < 1.29 is 9.59 Å². The second-order valence-electron chi connectivity index (χ2n) is 4.80. The van der Waals surface area contributed by atoms with Crippen molar-refractivity contribution in [2.24, 2.45) is 5.92 Å². The van der Waals surface area contributed by atoms with Crippen LogP contribution in [0.15, 0.2) is 4.34 Å². The molecule has 1 aromatic rings. The molecule has 1 aliphatic carbocycles. The highest BCUT2D eigenvalue weighted by atomic mass is 32.2. The monoisotopic (exact) mass is 314 g/mol. The first kappa shape index (κ1) is 15.2. The lowest BCUT2D eigenvalue weighted by Gasteiger charge is -2.06. The van der Waals surface area contributed by atoms with E-state index in [9.17, 15) is 9.59 Å². The molecule has 2 amide bonds. The summed E-state index contributed by atoms with van der Waals surface area (Å²) in [6, 6.07) is 0.378. The number of carbonyl (C=O) groups excluding carboxylic acids is 2. The van der Waals surface area contributed by atoms with Crippen molar-refractivity contribution in [1.29, 1.82) is 0 Å². The number of nitrogens with one attached hydrogen (secondary N) is 2. The maximum Gasteiger partial charge on any atom is 0.230 e. The minimum absolute atomic E-state index is 0.0258. The average molecular weight is 314 g/mol. The normalized spacial score (nSPS) is 15.7. The minimum atomic E-state index is -0.0494. The molecular formula is C12H18N4O2S2. The SMILES string of the molecule is CC[C@@H](C)C(=O)Nc1nnc(SCC(=O)NC2CC2)s1. The van der Waals surface area contributed by atoms with Gasteiger partial charge in [0.05, 0.1) is 5.75 Å². The Hall–Kier alpha value is -1.15. The first-order valence-electron chi connectivity index (χ1n) is 6.65. The van der Waals surface area contributed by atoms with Crippen molar-refractivity contribution in [2.75, 3.05) is 11.1 Å². The fourth-order valence-corrected chi connectivity index (χ4v) is 2.92. The summed E-state index contributed by atoms with van der Waals surface area (Å²) in [6.45, 7) is 3.83. The predicted octanol–water partition coefficient (Wildman–Crippen LogP) is 1.89. The Morgan fingerprint density at radius 3 is 2.85 bits per heavy atom. The summed E-state index contributed by atoms with van der Waals surface area (Å²) in [7, 11) is 0. The highest BCUT2D eigenvalue weighted by molar-refractivity contribution is 8.01. The van der Waals surface area contributed by atoms with Gasteiger partial charge in [0.2, 0.25) is 16.9 Å². The van der Waals surface area contributed by atoms with Gasteiger partial charge in [-0.05, 0) is 19.3 Å². The number of hydrogen-bond donors (Lipinski definition) is 2. The molecule has 6 nitrogen and oxygen atoms in total. The van der Waals surface area contributed by atoms with E-state index in [0.29, 0.717) is 21.3 Å². The van der Waals surface area contributed by atoms with E-state index in [0.717, 1.165) is 19.3 Å². The maximum absolute atomic E-state index is 11.7. The molecule has 1 aliphatic rings. The summed E-state index contributed by atoms with van der Waals surface area (Å²) in [6.07, 6.45) is 2.95. The zero-order chi connectivity index (χ0) is 14.5. The van der Waals surface area contributed by atoms with Gasteiger partial charge < -0.3 is 10.6 Å². The molecule has 0 radical (unpaired) electrons. The van der Waals surface area contributed by atoms with Crippen LogP contribution in [0.5, 0.6) is 0 Å². The summed E-state index contributed by atoms with van der Waals surface area (Å²) < 4.78 is 0.690. The molecular weight excluding hydrogens is 296 g/mol. The third-order valence-electron chi connectivity index (χ3n) is 2.97. The van der Waals surface area contributed by atoms with Gasteiger partial charge in [0.1, 0.15) is 0 Å². The summed E-state index contributed by atoms with van der Waals surface area (Å²) in [5, 5.41) is 14.0. The Morgan fingerprint density at radius 2 is 2.20 bits per heavy atom. The van der Waals surface area contributed by atoms with Crippen molar-refractivity contribution in [3.63, 3.8) is 0 Å². The van der Waals surface area contributed by atoms with Crippen LogP contribution in [0.1, 0.15) is 33.1 Å². The molecule has 1 fully saturated rings. The van der Waals surface area contributed by atoms with Crippen molar-refractivity contribution >= 4 is 40.0 Å². The number of thioether (sulfide) groups is 1. The summed E-state index contributed by atoms with van der Waals surface area (Å²) in [5.74, 6) is 0.272. The number of amides is 2. The summed E-state index contributed by atoms with van der Waals surface area (Å²) in [5.41, 5.74) is 0. The first-order valence-corrected chi connectivity index (χ1v) is 8.45. The Balaban J connectivity index is 1.76. The van der Waals surface area contributed by atoms with Gasteiger partial charge in [0.25, 0.3) is 0 Å². The van der Waals surface area contributed by atoms with Gasteiger partial charge >= 0.3 is 0 Å².